The smallest absolute Gasteiger partial charge is 0.262 e. The van der Waals surface area contributed by atoms with Crippen LogP contribution in [0, 0.1) is 6.92 Å². The summed E-state index contributed by atoms with van der Waals surface area (Å²) in [6.45, 7) is 4.91. The molecule has 4 heteroatoms. The summed E-state index contributed by atoms with van der Waals surface area (Å²) < 4.78 is 1.89. The van der Waals surface area contributed by atoms with Crippen molar-refractivity contribution in [1.29, 1.82) is 0 Å². The summed E-state index contributed by atoms with van der Waals surface area (Å²) in [5.74, 6) is 0.816. The third-order valence-corrected chi connectivity index (χ3v) is 5.98. The SMILES string of the molecule is CCCn1c(-c2cccc(C)c2)nc2sc3c(c2c1=O)CCCC3. The Morgan fingerprint density at radius 3 is 2.88 bits per heavy atom. The molecule has 0 amide bonds. The van der Waals surface area contributed by atoms with Crippen molar-refractivity contribution < 1.29 is 0 Å². The third-order valence-electron chi connectivity index (χ3n) is 4.80. The maximum atomic E-state index is 13.3. The summed E-state index contributed by atoms with van der Waals surface area (Å²) in [7, 11) is 0. The van der Waals surface area contributed by atoms with Gasteiger partial charge in [0.15, 0.2) is 0 Å². The number of hydrogen-bond donors (Lipinski definition) is 0. The number of aryl methyl sites for hydroxylation is 3. The third kappa shape index (κ3) is 2.49. The predicted molar refractivity (Wildman–Crippen MR) is 101 cm³/mol. The van der Waals surface area contributed by atoms with Gasteiger partial charge in [-0.15, -0.1) is 11.3 Å². The van der Waals surface area contributed by atoms with Crippen LogP contribution < -0.4 is 5.56 Å². The van der Waals surface area contributed by atoms with E-state index in [2.05, 4.69) is 32.0 Å². The van der Waals surface area contributed by atoms with Gasteiger partial charge >= 0.3 is 0 Å². The second kappa shape index (κ2) is 6.17. The van der Waals surface area contributed by atoms with Crippen molar-refractivity contribution in [3.05, 3.63) is 50.6 Å². The zero-order valence-electron chi connectivity index (χ0n) is 14.3. The van der Waals surface area contributed by atoms with E-state index in [1.807, 2.05) is 10.6 Å². The average molecular weight is 338 g/mol. The molecule has 0 saturated carbocycles. The van der Waals surface area contributed by atoms with E-state index in [1.165, 1.54) is 28.8 Å². The van der Waals surface area contributed by atoms with Gasteiger partial charge in [0.1, 0.15) is 10.7 Å². The first-order valence-corrected chi connectivity index (χ1v) is 9.63. The quantitative estimate of drug-likeness (QED) is 0.692. The van der Waals surface area contributed by atoms with Gasteiger partial charge in [0.2, 0.25) is 0 Å². The Morgan fingerprint density at radius 2 is 2.08 bits per heavy atom. The molecule has 0 saturated heterocycles. The van der Waals surface area contributed by atoms with Crippen molar-refractivity contribution in [3.63, 3.8) is 0 Å². The van der Waals surface area contributed by atoms with Crippen LogP contribution in [0.4, 0.5) is 0 Å². The zero-order valence-corrected chi connectivity index (χ0v) is 15.1. The molecule has 0 atom stereocenters. The molecule has 2 aromatic heterocycles. The minimum Gasteiger partial charge on any atom is -0.292 e. The fourth-order valence-electron chi connectivity index (χ4n) is 3.67. The van der Waals surface area contributed by atoms with E-state index < -0.39 is 0 Å². The van der Waals surface area contributed by atoms with Crippen molar-refractivity contribution in [2.45, 2.75) is 52.5 Å². The van der Waals surface area contributed by atoms with Gasteiger partial charge in [0.25, 0.3) is 5.56 Å². The van der Waals surface area contributed by atoms with E-state index in [9.17, 15) is 4.79 Å². The Hall–Kier alpha value is -1.94. The van der Waals surface area contributed by atoms with E-state index in [1.54, 1.807) is 11.3 Å². The molecule has 0 bridgehead atoms. The first-order valence-electron chi connectivity index (χ1n) is 8.81. The number of thiophene rings is 1. The molecule has 1 aliphatic rings. The Morgan fingerprint density at radius 1 is 1.25 bits per heavy atom. The van der Waals surface area contributed by atoms with Gasteiger partial charge in [-0.25, -0.2) is 4.98 Å². The van der Waals surface area contributed by atoms with Crippen LogP contribution in [0.1, 0.15) is 42.2 Å². The summed E-state index contributed by atoms with van der Waals surface area (Å²) in [4.78, 5) is 20.5. The molecule has 3 aromatic rings. The highest BCUT2D eigenvalue weighted by Crippen LogP contribution is 2.34. The second-order valence-electron chi connectivity index (χ2n) is 6.65. The van der Waals surface area contributed by atoms with Crippen LogP contribution >= 0.6 is 11.3 Å². The van der Waals surface area contributed by atoms with Gasteiger partial charge in [-0.05, 0) is 50.7 Å². The van der Waals surface area contributed by atoms with Crippen LogP contribution in [0.2, 0.25) is 0 Å². The summed E-state index contributed by atoms with van der Waals surface area (Å²) in [6.07, 6.45) is 5.48. The maximum Gasteiger partial charge on any atom is 0.262 e. The van der Waals surface area contributed by atoms with E-state index in [-0.39, 0.29) is 5.56 Å². The van der Waals surface area contributed by atoms with Gasteiger partial charge in [-0.3, -0.25) is 9.36 Å². The monoisotopic (exact) mass is 338 g/mol. The number of aromatic nitrogens is 2. The van der Waals surface area contributed by atoms with Gasteiger partial charge in [-0.2, -0.15) is 0 Å². The molecule has 0 aliphatic heterocycles. The number of nitrogens with zero attached hydrogens (tertiary/aromatic N) is 2. The first-order chi connectivity index (χ1) is 11.7. The Labute approximate surface area is 146 Å². The lowest BCUT2D eigenvalue weighted by molar-refractivity contribution is 0.654. The molecular weight excluding hydrogens is 316 g/mol. The fourth-order valence-corrected chi connectivity index (χ4v) is 4.93. The van der Waals surface area contributed by atoms with Crippen LogP contribution in [-0.4, -0.2) is 9.55 Å². The minimum atomic E-state index is 0.151. The maximum absolute atomic E-state index is 13.3. The van der Waals surface area contributed by atoms with E-state index in [0.717, 1.165) is 47.4 Å². The zero-order chi connectivity index (χ0) is 16.7. The number of rotatable bonds is 3. The molecule has 24 heavy (non-hydrogen) atoms. The van der Waals surface area contributed by atoms with Crippen molar-refractivity contribution in [2.75, 3.05) is 0 Å². The molecule has 1 aliphatic carbocycles. The minimum absolute atomic E-state index is 0.151. The number of hydrogen-bond acceptors (Lipinski definition) is 3. The van der Waals surface area contributed by atoms with E-state index in [0.29, 0.717) is 0 Å². The Kier molecular flexibility index (Phi) is 4.01. The van der Waals surface area contributed by atoms with Crippen molar-refractivity contribution in [1.82, 2.24) is 9.55 Å². The average Bonchev–Trinajstić information content (AvgIpc) is 2.96. The van der Waals surface area contributed by atoms with Crippen LogP contribution in [-0.2, 0) is 19.4 Å². The highest BCUT2D eigenvalue weighted by Gasteiger charge is 2.22. The molecule has 124 valence electrons. The van der Waals surface area contributed by atoms with Crippen LogP contribution in [0.5, 0.6) is 0 Å². The molecule has 0 fully saturated rings. The Bertz CT molecular complexity index is 968. The molecule has 0 radical (unpaired) electrons. The van der Waals surface area contributed by atoms with Gasteiger partial charge in [0, 0.05) is 17.0 Å². The summed E-state index contributed by atoms with van der Waals surface area (Å²) in [5.41, 5.74) is 3.65. The lowest BCUT2D eigenvalue weighted by atomic mass is 9.97. The highest BCUT2D eigenvalue weighted by atomic mass is 32.1. The summed E-state index contributed by atoms with van der Waals surface area (Å²) in [6, 6.07) is 8.29. The molecular formula is C20H22N2OS. The fraction of sp³-hybridized carbons (Fsp3) is 0.400. The first kappa shape index (κ1) is 15.6. The highest BCUT2D eigenvalue weighted by molar-refractivity contribution is 7.18. The normalized spacial score (nSPS) is 14.1. The molecule has 0 unspecified atom stereocenters. The van der Waals surface area contributed by atoms with E-state index >= 15 is 0 Å². The van der Waals surface area contributed by atoms with Crippen LogP contribution in [0.3, 0.4) is 0 Å². The summed E-state index contributed by atoms with van der Waals surface area (Å²) in [5, 5.41) is 0.888. The van der Waals surface area contributed by atoms with Gasteiger partial charge in [-0.1, -0.05) is 30.7 Å². The molecule has 0 N–H and O–H groups in total. The van der Waals surface area contributed by atoms with Gasteiger partial charge < -0.3 is 0 Å². The molecule has 1 aromatic carbocycles. The Balaban J connectivity index is 2.03. The van der Waals surface area contributed by atoms with Gasteiger partial charge in [0.05, 0.1) is 5.39 Å². The van der Waals surface area contributed by atoms with Crippen molar-refractivity contribution >= 4 is 21.6 Å². The molecule has 4 rings (SSSR count). The van der Waals surface area contributed by atoms with Crippen molar-refractivity contribution in [3.8, 4) is 11.4 Å². The van der Waals surface area contributed by atoms with E-state index in [4.69, 9.17) is 4.98 Å². The van der Waals surface area contributed by atoms with Crippen LogP contribution in [0.25, 0.3) is 21.6 Å². The van der Waals surface area contributed by atoms with Crippen LogP contribution in [0.15, 0.2) is 29.1 Å². The summed E-state index contributed by atoms with van der Waals surface area (Å²) >= 11 is 1.73. The molecule has 0 spiro atoms. The second-order valence-corrected chi connectivity index (χ2v) is 7.74. The largest absolute Gasteiger partial charge is 0.292 e. The lowest BCUT2D eigenvalue weighted by Crippen LogP contribution is -2.23. The molecule has 3 nitrogen and oxygen atoms in total. The number of fused-ring (bicyclic) bond motifs is 3. The van der Waals surface area contributed by atoms with Crippen molar-refractivity contribution in [2.24, 2.45) is 0 Å². The lowest BCUT2D eigenvalue weighted by Gasteiger charge is -2.13. The standard InChI is InChI=1S/C20H22N2OS/c1-3-11-22-18(14-8-6-7-13(2)12-14)21-19-17(20(22)23)15-9-4-5-10-16(15)24-19/h6-8,12H,3-5,9-11H2,1-2H3. The predicted octanol–water partition coefficient (Wildman–Crippen LogP) is 4.72. The molecule has 2 heterocycles. The topological polar surface area (TPSA) is 34.9 Å². The number of benzene rings is 1.